The first-order valence-electron chi connectivity index (χ1n) is 8.10. The lowest BCUT2D eigenvalue weighted by atomic mass is 10.1. The van der Waals surface area contributed by atoms with Crippen molar-refractivity contribution in [2.24, 2.45) is 7.05 Å². The zero-order valence-corrected chi connectivity index (χ0v) is 14.6. The summed E-state index contributed by atoms with van der Waals surface area (Å²) in [6, 6.07) is 6.36. The molecule has 0 aliphatic carbocycles. The lowest BCUT2D eigenvalue weighted by Crippen LogP contribution is -2.16. The van der Waals surface area contributed by atoms with E-state index in [4.69, 9.17) is 4.98 Å². The number of nitrogens with one attached hydrogen (secondary N) is 1. The third kappa shape index (κ3) is 2.88. The van der Waals surface area contributed by atoms with Crippen LogP contribution < -0.4 is 5.32 Å². The van der Waals surface area contributed by atoms with E-state index in [0.29, 0.717) is 0 Å². The molecule has 3 aromatic rings. The van der Waals surface area contributed by atoms with Gasteiger partial charge in [0, 0.05) is 19.0 Å². The fraction of sp³-hybridized carbons (Fsp3) is 0.444. The Morgan fingerprint density at radius 2 is 2.00 bits per heavy atom. The predicted molar refractivity (Wildman–Crippen MR) is 97.1 cm³/mol. The normalized spacial score (nSPS) is 11.7. The standard InChI is InChI=1S/C18H25N5/c1-12-8-6-9-14-16(12)20-18-15(13(2)21-23(18)5)17(14)19-10-7-11-22(3)4/h6,8-9H,7,10-11H2,1-5H3,(H,19,20). The van der Waals surface area contributed by atoms with Crippen molar-refractivity contribution < 1.29 is 0 Å². The summed E-state index contributed by atoms with van der Waals surface area (Å²) >= 11 is 0. The minimum atomic E-state index is 0.939. The van der Waals surface area contributed by atoms with E-state index in [-0.39, 0.29) is 0 Å². The second kappa shape index (κ2) is 6.16. The quantitative estimate of drug-likeness (QED) is 0.736. The van der Waals surface area contributed by atoms with Gasteiger partial charge in [0.1, 0.15) is 0 Å². The molecular weight excluding hydrogens is 286 g/mol. The smallest absolute Gasteiger partial charge is 0.160 e. The minimum absolute atomic E-state index is 0.939. The van der Waals surface area contributed by atoms with E-state index in [0.717, 1.165) is 47.4 Å². The van der Waals surface area contributed by atoms with Crippen molar-refractivity contribution in [2.45, 2.75) is 20.3 Å². The SMILES string of the molecule is Cc1cccc2c(NCCCN(C)C)c3c(C)nn(C)c3nc12. The number of nitrogens with zero attached hydrogens (tertiary/aromatic N) is 4. The summed E-state index contributed by atoms with van der Waals surface area (Å²) in [7, 11) is 6.17. The molecule has 2 heterocycles. The van der Waals surface area contributed by atoms with Gasteiger partial charge < -0.3 is 10.2 Å². The van der Waals surface area contributed by atoms with Gasteiger partial charge in [0.15, 0.2) is 5.65 Å². The van der Waals surface area contributed by atoms with Crippen LogP contribution in [0.4, 0.5) is 5.69 Å². The van der Waals surface area contributed by atoms with Crippen LogP contribution in [0.5, 0.6) is 0 Å². The van der Waals surface area contributed by atoms with Crippen LogP contribution >= 0.6 is 0 Å². The monoisotopic (exact) mass is 311 g/mol. The highest BCUT2D eigenvalue weighted by Crippen LogP contribution is 2.33. The highest BCUT2D eigenvalue weighted by molar-refractivity contribution is 6.08. The molecular formula is C18H25N5. The molecule has 1 N–H and O–H groups in total. The number of rotatable bonds is 5. The zero-order valence-electron chi connectivity index (χ0n) is 14.6. The molecule has 0 aliphatic heterocycles. The molecule has 0 amide bonds. The predicted octanol–water partition coefficient (Wildman–Crippen LogP) is 3.10. The number of anilines is 1. The molecule has 0 spiro atoms. The average Bonchev–Trinajstić information content (AvgIpc) is 2.78. The van der Waals surface area contributed by atoms with Crippen LogP contribution in [-0.4, -0.2) is 46.8 Å². The fourth-order valence-electron chi connectivity index (χ4n) is 3.11. The van der Waals surface area contributed by atoms with E-state index in [1.165, 1.54) is 10.9 Å². The Hall–Kier alpha value is -2.14. The van der Waals surface area contributed by atoms with Crippen molar-refractivity contribution >= 4 is 27.6 Å². The molecule has 23 heavy (non-hydrogen) atoms. The molecule has 0 radical (unpaired) electrons. The molecule has 0 bridgehead atoms. The van der Waals surface area contributed by atoms with E-state index in [1.54, 1.807) is 0 Å². The second-order valence-corrected chi connectivity index (χ2v) is 6.45. The number of hydrogen-bond acceptors (Lipinski definition) is 4. The van der Waals surface area contributed by atoms with Gasteiger partial charge in [-0.1, -0.05) is 18.2 Å². The van der Waals surface area contributed by atoms with E-state index < -0.39 is 0 Å². The van der Waals surface area contributed by atoms with Crippen molar-refractivity contribution in [1.82, 2.24) is 19.7 Å². The second-order valence-electron chi connectivity index (χ2n) is 6.45. The van der Waals surface area contributed by atoms with Crippen molar-refractivity contribution in [3.05, 3.63) is 29.5 Å². The van der Waals surface area contributed by atoms with Crippen molar-refractivity contribution in [1.29, 1.82) is 0 Å². The topological polar surface area (TPSA) is 46.0 Å². The minimum Gasteiger partial charge on any atom is -0.384 e. The van der Waals surface area contributed by atoms with Gasteiger partial charge >= 0.3 is 0 Å². The van der Waals surface area contributed by atoms with Gasteiger partial charge in [-0.15, -0.1) is 0 Å². The van der Waals surface area contributed by atoms with Crippen molar-refractivity contribution in [2.75, 3.05) is 32.5 Å². The number of benzene rings is 1. The Kier molecular flexibility index (Phi) is 4.22. The molecule has 0 atom stereocenters. The average molecular weight is 311 g/mol. The van der Waals surface area contributed by atoms with E-state index >= 15 is 0 Å². The third-order valence-electron chi connectivity index (χ3n) is 4.25. The number of aromatic nitrogens is 3. The first-order valence-corrected chi connectivity index (χ1v) is 8.10. The van der Waals surface area contributed by atoms with E-state index in [1.807, 2.05) is 11.7 Å². The van der Waals surface area contributed by atoms with Crippen LogP contribution in [0.15, 0.2) is 18.2 Å². The van der Waals surface area contributed by atoms with Crippen LogP contribution in [0.3, 0.4) is 0 Å². The van der Waals surface area contributed by atoms with Gasteiger partial charge in [-0.25, -0.2) is 4.98 Å². The van der Waals surface area contributed by atoms with Crippen LogP contribution in [0.1, 0.15) is 17.7 Å². The first kappa shape index (κ1) is 15.7. The zero-order chi connectivity index (χ0) is 16.6. The number of aryl methyl sites for hydroxylation is 3. The number of fused-ring (bicyclic) bond motifs is 2. The highest BCUT2D eigenvalue weighted by Gasteiger charge is 2.16. The summed E-state index contributed by atoms with van der Waals surface area (Å²) in [4.78, 5) is 7.08. The third-order valence-corrected chi connectivity index (χ3v) is 4.25. The molecule has 2 aromatic heterocycles. The molecule has 5 nitrogen and oxygen atoms in total. The summed E-state index contributed by atoms with van der Waals surface area (Å²) in [5, 5.41) is 10.5. The molecule has 1 aromatic carbocycles. The Balaban J connectivity index is 2.12. The van der Waals surface area contributed by atoms with Gasteiger partial charge in [-0.05, 0) is 46.5 Å². The summed E-state index contributed by atoms with van der Waals surface area (Å²) in [5.74, 6) is 0. The maximum atomic E-state index is 4.87. The van der Waals surface area contributed by atoms with Gasteiger partial charge in [-0.2, -0.15) is 5.10 Å². The first-order chi connectivity index (χ1) is 11.0. The molecule has 0 saturated heterocycles. The van der Waals surface area contributed by atoms with Crippen LogP contribution in [0, 0.1) is 13.8 Å². The molecule has 0 saturated carbocycles. The molecule has 3 rings (SSSR count). The van der Waals surface area contributed by atoms with Gasteiger partial charge in [0.2, 0.25) is 0 Å². The van der Waals surface area contributed by atoms with E-state index in [9.17, 15) is 0 Å². The molecule has 0 aliphatic rings. The lowest BCUT2D eigenvalue weighted by molar-refractivity contribution is 0.405. The van der Waals surface area contributed by atoms with Crippen molar-refractivity contribution in [3.63, 3.8) is 0 Å². The summed E-state index contributed by atoms with van der Waals surface area (Å²) in [5.41, 5.74) is 5.38. The summed E-state index contributed by atoms with van der Waals surface area (Å²) in [6.07, 6.45) is 1.10. The van der Waals surface area contributed by atoms with Crippen LogP contribution in [-0.2, 0) is 7.05 Å². The highest BCUT2D eigenvalue weighted by atomic mass is 15.3. The van der Waals surface area contributed by atoms with Gasteiger partial charge in [0.25, 0.3) is 0 Å². The Morgan fingerprint density at radius 1 is 1.22 bits per heavy atom. The molecule has 0 fully saturated rings. The number of para-hydroxylation sites is 1. The maximum absolute atomic E-state index is 4.87. The largest absolute Gasteiger partial charge is 0.384 e. The van der Waals surface area contributed by atoms with Crippen molar-refractivity contribution in [3.8, 4) is 0 Å². The Bertz CT molecular complexity index is 848. The fourth-order valence-corrected chi connectivity index (χ4v) is 3.11. The Labute approximate surface area is 137 Å². The number of pyridine rings is 1. The lowest BCUT2D eigenvalue weighted by Gasteiger charge is -2.14. The van der Waals surface area contributed by atoms with Gasteiger partial charge in [0.05, 0.1) is 22.3 Å². The van der Waals surface area contributed by atoms with Crippen LogP contribution in [0.25, 0.3) is 21.9 Å². The summed E-state index contributed by atoms with van der Waals surface area (Å²) in [6.45, 7) is 6.18. The molecule has 0 unspecified atom stereocenters. The number of hydrogen-bond donors (Lipinski definition) is 1. The Morgan fingerprint density at radius 3 is 2.74 bits per heavy atom. The summed E-state index contributed by atoms with van der Waals surface area (Å²) < 4.78 is 1.88. The van der Waals surface area contributed by atoms with Gasteiger partial charge in [-0.3, -0.25) is 4.68 Å². The molecule has 122 valence electrons. The molecule has 5 heteroatoms. The maximum Gasteiger partial charge on any atom is 0.160 e. The van der Waals surface area contributed by atoms with E-state index in [2.05, 4.69) is 61.5 Å². The van der Waals surface area contributed by atoms with Crippen LogP contribution in [0.2, 0.25) is 0 Å².